The van der Waals surface area contributed by atoms with Crippen LogP contribution in [0, 0.1) is 6.92 Å². The van der Waals surface area contributed by atoms with Crippen molar-refractivity contribution in [1.82, 2.24) is 15.5 Å². The molecule has 0 bridgehead atoms. The fourth-order valence-electron chi connectivity index (χ4n) is 1.96. The minimum absolute atomic E-state index is 0.112. The average molecular weight is 284 g/mol. The topological polar surface area (TPSA) is 66.9 Å². The van der Waals surface area contributed by atoms with Crippen LogP contribution < -0.4 is 10.6 Å². The summed E-state index contributed by atoms with van der Waals surface area (Å²) < 4.78 is 0. The van der Waals surface area contributed by atoms with Crippen molar-refractivity contribution in [3.8, 4) is 0 Å². The Bertz CT molecular complexity index is 598. The number of aromatic nitrogens is 2. The molecular weight excluding hydrogens is 264 g/mol. The number of aryl methyl sites for hydroxylation is 1. The molecule has 0 spiro atoms. The number of amides is 1. The van der Waals surface area contributed by atoms with Crippen LogP contribution in [0.3, 0.4) is 0 Å². The standard InChI is InChI=1S/C16H20N4O/c1-3-8-17-15-10-12(2)6-7-14(15)16(21)18-11-13-5-4-9-19-20-13/h4-7,9-10,17H,3,8,11H2,1-2H3,(H,18,21). The van der Waals surface area contributed by atoms with Gasteiger partial charge in [-0.15, -0.1) is 0 Å². The third kappa shape index (κ3) is 4.27. The number of carbonyl (C=O) groups is 1. The summed E-state index contributed by atoms with van der Waals surface area (Å²) in [6.45, 7) is 5.32. The molecule has 1 amide bonds. The molecule has 0 radical (unpaired) electrons. The third-order valence-corrected chi connectivity index (χ3v) is 3.04. The number of hydrogen-bond acceptors (Lipinski definition) is 4. The Hall–Kier alpha value is -2.43. The van der Waals surface area contributed by atoms with Gasteiger partial charge in [0, 0.05) is 18.4 Å². The molecule has 0 saturated carbocycles. The molecule has 1 aromatic heterocycles. The van der Waals surface area contributed by atoms with Crippen molar-refractivity contribution in [2.24, 2.45) is 0 Å². The molecule has 5 heteroatoms. The van der Waals surface area contributed by atoms with E-state index in [0.29, 0.717) is 12.1 Å². The number of nitrogens with one attached hydrogen (secondary N) is 2. The molecule has 0 fully saturated rings. The van der Waals surface area contributed by atoms with Crippen LogP contribution in [-0.4, -0.2) is 22.6 Å². The lowest BCUT2D eigenvalue weighted by atomic mass is 10.1. The quantitative estimate of drug-likeness (QED) is 0.855. The van der Waals surface area contributed by atoms with Gasteiger partial charge in [-0.05, 0) is 43.2 Å². The van der Waals surface area contributed by atoms with Crippen LogP contribution in [0.15, 0.2) is 36.5 Å². The zero-order valence-electron chi connectivity index (χ0n) is 12.4. The van der Waals surface area contributed by atoms with Crippen LogP contribution in [0.25, 0.3) is 0 Å². The summed E-state index contributed by atoms with van der Waals surface area (Å²) >= 11 is 0. The first-order valence-corrected chi connectivity index (χ1v) is 7.10. The highest BCUT2D eigenvalue weighted by Crippen LogP contribution is 2.17. The van der Waals surface area contributed by atoms with Crippen LogP contribution in [-0.2, 0) is 6.54 Å². The Morgan fingerprint density at radius 1 is 1.29 bits per heavy atom. The smallest absolute Gasteiger partial charge is 0.253 e. The Morgan fingerprint density at radius 2 is 2.14 bits per heavy atom. The monoisotopic (exact) mass is 284 g/mol. The van der Waals surface area contributed by atoms with Gasteiger partial charge in [-0.2, -0.15) is 10.2 Å². The molecule has 21 heavy (non-hydrogen) atoms. The van der Waals surface area contributed by atoms with Crippen molar-refractivity contribution >= 4 is 11.6 Å². The second kappa shape index (κ2) is 7.38. The van der Waals surface area contributed by atoms with Crippen LogP contribution in [0.4, 0.5) is 5.69 Å². The highest BCUT2D eigenvalue weighted by Gasteiger charge is 2.11. The van der Waals surface area contributed by atoms with Gasteiger partial charge in [0.1, 0.15) is 0 Å². The summed E-state index contributed by atoms with van der Waals surface area (Å²) in [5.74, 6) is -0.112. The molecule has 0 aliphatic rings. The lowest BCUT2D eigenvalue weighted by Gasteiger charge is -2.12. The van der Waals surface area contributed by atoms with Gasteiger partial charge >= 0.3 is 0 Å². The molecule has 2 rings (SSSR count). The SMILES string of the molecule is CCCNc1cc(C)ccc1C(=O)NCc1cccnn1. The Balaban J connectivity index is 2.07. The van der Waals surface area contributed by atoms with Crippen molar-refractivity contribution < 1.29 is 4.79 Å². The van der Waals surface area contributed by atoms with E-state index in [4.69, 9.17) is 0 Å². The van der Waals surface area contributed by atoms with E-state index in [1.807, 2.05) is 31.2 Å². The fraction of sp³-hybridized carbons (Fsp3) is 0.312. The summed E-state index contributed by atoms with van der Waals surface area (Å²) in [6.07, 6.45) is 2.62. The summed E-state index contributed by atoms with van der Waals surface area (Å²) in [7, 11) is 0. The summed E-state index contributed by atoms with van der Waals surface area (Å²) in [6, 6.07) is 9.41. The zero-order valence-corrected chi connectivity index (χ0v) is 12.4. The van der Waals surface area contributed by atoms with E-state index < -0.39 is 0 Å². The third-order valence-electron chi connectivity index (χ3n) is 3.04. The number of nitrogens with zero attached hydrogens (tertiary/aromatic N) is 2. The maximum Gasteiger partial charge on any atom is 0.253 e. The van der Waals surface area contributed by atoms with Crippen molar-refractivity contribution in [2.75, 3.05) is 11.9 Å². The molecule has 5 nitrogen and oxygen atoms in total. The highest BCUT2D eigenvalue weighted by atomic mass is 16.1. The van der Waals surface area contributed by atoms with Gasteiger partial charge in [0.2, 0.25) is 0 Å². The molecular formula is C16H20N4O. The largest absolute Gasteiger partial charge is 0.384 e. The summed E-state index contributed by atoms with van der Waals surface area (Å²) in [4.78, 5) is 12.3. The molecule has 110 valence electrons. The van der Waals surface area contributed by atoms with Crippen molar-refractivity contribution in [2.45, 2.75) is 26.8 Å². The van der Waals surface area contributed by atoms with Gasteiger partial charge < -0.3 is 10.6 Å². The van der Waals surface area contributed by atoms with E-state index >= 15 is 0 Å². The Labute approximate surface area is 124 Å². The number of rotatable bonds is 6. The minimum Gasteiger partial charge on any atom is -0.384 e. The lowest BCUT2D eigenvalue weighted by molar-refractivity contribution is 0.0951. The van der Waals surface area contributed by atoms with Gasteiger partial charge in [0.05, 0.1) is 17.8 Å². The van der Waals surface area contributed by atoms with E-state index in [1.165, 1.54) is 0 Å². The van der Waals surface area contributed by atoms with Gasteiger partial charge in [-0.3, -0.25) is 4.79 Å². The predicted octanol–water partition coefficient (Wildman–Crippen LogP) is 2.54. The molecule has 0 aliphatic heterocycles. The molecule has 1 aromatic carbocycles. The van der Waals surface area contributed by atoms with E-state index in [0.717, 1.165) is 29.9 Å². The average Bonchev–Trinajstić information content (AvgIpc) is 2.51. The summed E-state index contributed by atoms with van der Waals surface area (Å²) in [5.41, 5.74) is 3.38. The Morgan fingerprint density at radius 3 is 2.86 bits per heavy atom. The van der Waals surface area contributed by atoms with Gasteiger partial charge in [-0.1, -0.05) is 13.0 Å². The van der Waals surface area contributed by atoms with Crippen LogP contribution in [0.5, 0.6) is 0 Å². The number of hydrogen-bond donors (Lipinski definition) is 2. The molecule has 0 aliphatic carbocycles. The molecule has 0 saturated heterocycles. The van der Waals surface area contributed by atoms with Crippen LogP contribution in [0.1, 0.15) is 35.0 Å². The highest BCUT2D eigenvalue weighted by molar-refractivity contribution is 5.99. The first-order chi connectivity index (χ1) is 10.2. The van der Waals surface area contributed by atoms with Gasteiger partial charge in [-0.25, -0.2) is 0 Å². The second-order valence-corrected chi connectivity index (χ2v) is 4.87. The normalized spacial score (nSPS) is 10.2. The first kappa shape index (κ1) is 15.0. The van der Waals surface area contributed by atoms with Crippen LogP contribution >= 0.6 is 0 Å². The minimum atomic E-state index is -0.112. The number of carbonyl (C=O) groups excluding carboxylic acids is 1. The number of anilines is 1. The first-order valence-electron chi connectivity index (χ1n) is 7.10. The van der Waals surface area contributed by atoms with Crippen LogP contribution in [0.2, 0.25) is 0 Å². The van der Waals surface area contributed by atoms with Crippen molar-refractivity contribution in [1.29, 1.82) is 0 Å². The Kier molecular flexibility index (Phi) is 5.26. The molecule has 0 unspecified atom stereocenters. The molecule has 2 N–H and O–H groups in total. The second-order valence-electron chi connectivity index (χ2n) is 4.87. The van der Waals surface area contributed by atoms with Gasteiger partial charge in [0.15, 0.2) is 0 Å². The maximum absolute atomic E-state index is 12.3. The van der Waals surface area contributed by atoms with E-state index in [-0.39, 0.29) is 5.91 Å². The molecule has 2 aromatic rings. The fourth-order valence-corrected chi connectivity index (χ4v) is 1.96. The predicted molar refractivity (Wildman–Crippen MR) is 83.2 cm³/mol. The van der Waals surface area contributed by atoms with Gasteiger partial charge in [0.25, 0.3) is 5.91 Å². The number of benzene rings is 1. The molecule has 1 heterocycles. The van der Waals surface area contributed by atoms with E-state index in [1.54, 1.807) is 12.3 Å². The molecule has 0 atom stereocenters. The summed E-state index contributed by atoms with van der Waals surface area (Å²) in [5, 5.41) is 13.9. The zero-order chi connectivity index (χ0) is 15.1. The van der Waals surface area contributed by atoms with Crippen molar-refractivity contribution in [3.05, 3.63) is 53.3 Å². The lowest BCUT2D eigenvalue weighted by Crippen LogP contribution is -2.24. The van der Waals surface area contributed by atoms with Crippen molar-refractivity contribution in [3.63, 3.8) is 0 Å². The van der Waals surface area contributed by atoms with E-state index in [2.05, 4.69) is 27.8 Å². The van der Waals surface area contributed by atoms with E-state index in [9.17, 15) is 4.79 Å². The maximum atomic E-state index is 12.3.